The summed E-state index contributed by atoms with van der Waals surface area (Å²) in [7, 11) is 2.63. The summed E-state index contributed by atoms with van der Waals surface area (Å²) in [6.07, 6.45) is 0. The van der Waals surface area contributed by atoms with Crippen LogP contribution in [0.1, 0.15) is 43.0 Å². The summed E-state index contributed by atoms with van der Waals surface area (Å²) in [4.78, 5) is 21.6. The number of aryl methyl sites for hydroxylation is 4. The first kappa shape index (κ1) is 45.1. The van der Waals surface area contributed by atoms with Gasteiger partial charge in [-0.3, -0.25) is 0 Å². The van der Waals surface area contributed by atoms with Crippen LogP contribution < -0.4 is 0 Å². The normalized spacial score (nSPS) is 9.15. The number of aromatic hydroxyl groups is 6. The molecule has 0 amide bonds. The molecule has 54 heavy (non-hydrogen) atoms. The Hall–Kier alpha value is -6.94. The van der Waals surface area contributed by atoms with E-state index in [4.69, 9.17) is 30.6 Å². The van der Waals surface area contributed by atoms with Crippen molar-refractivity contribution in [3.63, 3.8) is 0 Å². The standard InChI is InChI=1S/2C8H8O3.4C7H8O/c2*1-11-8(10)6-2-4-7(9)5-3-6;2*1-6-2-4-7(8)5-3-6;2*1-6-3-2-4-7(8)5-6/h2*2-5,9H,1H3;4*2-5,8H,1H3. The molecule has 0 aliphatic carbocycles. The summed E-state index contributed by atoms with van der Waals surface area (Å²) in [6.45, 7) is 7.86. The van der Waals surface area contributed by atoms with Crippen LogP contribution in [0.2, 0.25) is 0 Å². The van der Waals surface area contributed by atoms with E-state index in [1.165, 1.54) is 73.9 Å². The van der Waals surface area contributed by atoms with Crippen LogP contribution in [0.25, 0.3) is 0 Å². The van der Waals surface area contributed by atoms with Gasteiger partial charge in [-0.2, -0.15) is 0 Å². The fourth-order valence-electron chi connectivity index (χ4n) is 3.78. The molecule has 6 rings (SSSR count). The molecule has 0 unspecified atom stereocenters. The second kappa shape index (κ2) is 25.1. The van der Waals surface area contributed by atoms with Gasteiger partial charge in [0, 0.05) is 0 Å². The van der Waals surface area contributed by atoms with Crippen LogP contribution in [0.5, 0.6) is 34.5 Å². The summed E-state index contributed by atoms with van der Waals surface area (Å²) in [6, 6.07) is 40.2. The maximum Gasteiger partial charge on any atom is 0.337 e. The Morgan fingerprint density at radius 3 is 0.796 bits per heavy atom. The molecule has 0 spiro atoms. The van der Waals surface area contributed by atoms with E-state index in [-0.39, 0.29) is 11.5 Å². The third kappa shape index (κ3) is 20.7. The monoisotopic (exact) mass is 736 g/mol. The Kier molecular flexibility index (Phi) is 20.9. The fourth-order valence-corrected chi connectivity index (χ4v) is 3.78. The van der Waals surface area contributed by atoms with Crippen molar-refractivity contribution in [2.24, 2.45) is 0 Å². The van der Waals surface area contributed by atoms with E-state index in [9.17, 15) is 9.59 Å². The molecule has 6 aromatic carbocycles. The molecule has 284 valence electrons. The number of carbonyl (C=O) groups is 2. The highest BCUT2D eigenvalue weighted by molar-refractivity contribution is 5.89. The maximum atomic E-state index is 10.8. The van der Waals surface area contributed by atoms with Crippen LogP contribution in [0.15, 0.2) is 146 Å². The Morgan fingerprint density at radius 2 is 0.611 bits per heavy atom. The average molecular weight is 737 g/mol. The van der Waals surface area contributed by atoms with Crippen molar-refractivity contribution in [3.05, 3.63) is 179 Å². The number of methoxy groups -OCH3 is 2. The largest absolute Gasteiger partial charge is 0.508 e. The van der Waals surface area contributed by atoms with Gasteiger partial charge in [0.15, 0.2) is 0 Å². The van der Waals surface area contributed by atoms with Crippen LogP contribution in [0.4, 0.5) is 0 Å². The SMILES string of the molecule is COC(=O)c1ccc(O)cc1.COC(=O)c1ccc(O)cc1.Cc1ccc(O)cc1.Cc1ccc(O)cc1.Cc1cccc(O)c1.Cc1cccc(O)c1. The number of benzene rings is 6. The van der Waals surface area contributed by atoms with Crippen LogP contribution >= 0.6 is 0 Å². The van der Waals surface area contributed by atoms with Gasteiger partial charge in [0.2, 0.25) is 0 Å². The lowest BCUT2D eigenvalue weighted by Gasteiger charge is -1.97. The lowest BCUT2D eigenvalue weighted by atomic mass is 10.2. The molecule has 0 fully saturated rings. The second-order valence-corrected chi connectivity index (χ2v) is 11.4. The highest BCUT2D eigenvalue weighted by Crippen LogP contribution is 2.12. The smallest absolute Gasteiger partial charge is 0.337 e. The van der Waals surface area contributed by atoms with Crippen molar-refractivity contribution in [3.8, 4) is 34.5 Å². The van der Waals surface area contributed by atoms with Gasteiger partial charge in [0.1, 0.15) is 34.5 Å². The van der Waals surface area contributed by atoms with Gasteiger partial charge in [-0.1, -0.05) is 59.7 Å². The minimum atomic E-state index is -0.398. The van der Waals surface area contributed by atoms with E-state index in [1.54, 1.807) is 48.5 Å². The van der Waals surface area contributed by atoms with Gasteiger partial charge in [-0.05, 0) is 136 Å². The van der Waals surface area contributed by atoms with E-state index in [1.807, 2.05) is 76.2 Å². The molecule has 0 atom stereocenters. The lowest BCUT2D eigenvalue weighted by Crippen LogP contribution is -1.99. The average Bonchev–Trinajstić information content (AvgIpc) is 3.15. The van der Waals surface area contributed by atoms with Crippen molar-refractivity contribution in [2.75, 3.05) is 14.2 Å². The Labute approximate surface area is 316 Å². The summed E-state index contributed by atoms with van der Waals surface area (Å²) in [5, 5.41) is 52.9. The summed E-state index contributed by atoms with van der Waals surface area (Å²) >= 11 is 0. The number of hydrogen-bond donors (Lipinski definition) is 6. The van der Waals surface area contributed by atoms with Crippen molar-refractivity contribution in [2.45, 2.75) is 27.7 Å². The fraction of sp³-hybridized carbons (Fsp3) is 0.136. The molecule has 10 heteroatoms. The van der Waals surface area contributed by atoms with Crippen molar-refractivity contribution in [1.82, 2.24) is 0 Å². The zero-order valence-electron chi connectivity index (χ0n) is 31.2. The van der Waals surface area contributed by atoms with Crippen molar-refractivity contribution < 1.29 is 49.7 Å². The van der Waals surface area contributed by atoms with E-state index >= 15 is 0 Å². The predicted molar refractivity (Wildman–Crippen MR) is 210 cm³/mol. The molecular formula is C44H48O10. The first-order chi connectivity index (χ1) is 25.6. The summed E-state index contributed by atoms with van der Waals surface area (Å²) in [5.74, 6) is 0.812. The van der Waals surface area contributed by atoms with Gasteiger partial charge >= 0.3 is 11.9 Å². The van der Waals surface area contributed by atoms with E-state index in [2.05, 4.69) is 9.47 Å². The number of ether oxygens (including phenoxy) is 2. The highest BCUT2D eigenvalue weighted by atomic mass is 16.5. The van der Waals surface area contributed by atoms with Gasteiger partial charge < -0.3 is 40.1 Å². The second-order valence-electron chi connectivity index (χ2n) is 11.4. The zero-order valence-corrected chi connectivity index (χ0v) is 31.2. The van der Waals surface area contributed by atoms with Crippen LogP contribution in [-0.2, 0) is 9.47 Å². The molecule has 0 saturated heterocycles. The van der Waals surface area contributed by atoms with Gasteiger partial charge in [-0.15, -0.1) is 0 Å². The molecule has 6 N–H and O–H groups in total. The molecule has 0 bridgehead atoms. The third-order valence-electron chi connectivity index (χ3n) is 6.65. The first-order valence-electron chi connectivity index (χ1n) is 16.4. The zero-order chi connectivity index (χ0) is 40.5. The topological polar surface area (TPSA) is 174 Å². The van der Waals surface area contributed by atoms with Gasteiger partial charge in [0.05, 0.1) is 25.3 Å². The van der Waals surface area contributed by atoms with Crippen molar-refractivity contribution in [1.29, 1.82) is 0 Å². The molecule has 0 aliphatic rings. The number of phenols is 6. The lowest BCUT2D eigenvalue weighted by molar-refractivity contribution is 0.0592. The molecule has 0 aromatic heterocycles. The Bertz CT molecular complexity index is 1720. The summed E-state index contributed by atoms with van der Waals surface area (Å²) < 4.78 is 8.91. The molecule has 0 radical (unpaired) electrons. The van der Waals surface area contributed by atoms with Gasteiger partial charge in [0.25, 0.3) is 0 Å². The molecule has 6 aromatic rings. The number of carbonyl (C=O) groups excluding carboxylic acids is 2. The molecule has 0 aliphatic heterocycles. The molecule has 10 nitrogen and oxygen atoms in total. The van der Waals surface area contributed by atoms with E-state index in [0.717, 1.165) is 11.1 Å². The Balaban J connectivity index is 0.000000326. The van der Waals surface area contributed by atoms with E-state index in [0.29, 0.717) is 34.1 Å². The minimum absolute atomic E-state index is 0.137. The van der Waals surface area contributed by atoms with E-state index < -0.39 is 11.9 Å². The Morgan fingerprint density at radius 1 is 0.352 bits per heavy atom. The van der Waals surface area contributed by atoms with Crippen LogP contribution in [-0.4, -0.2) is 56.8 Å². The minimum Gasteiger partial charge on any atom is -0.508 e. The number of rotatable bonds is 2. The quantitative estimate of drug-likeness (QED) is 0.0941. The van der Waals surface area contributed by atoms with Gasteiger partial charge in [-0.25, -0.2) is 9.59 Å². The predicted octanol–water partition coefficient (Wildman–Crippen LogP) is 9.16. The summed E-state index contributed by atoms with van der Waals surface area (Å²) in [5.41, 5.74) is 5.39. The third-order valence-corrected chi connectivity index (χ3v) is 6.65. The van der Waals surface area contributed by atoms with Crippen LogP contribution in [0, 0.1) is 27.7 Å². The number of phenolic OH excluding ortho intramolecular Hbond substituents is 6. The van der Waals surface area contributed by atoms with Crippen molar-refractivity contribution >= 4 is 11.9 Å². The number of esters is 2. The highest BCUT2D eigenvalue weighted by Gasteiger charge is 2.03. The molecule has 0 heterocycles. The number of hydrogen-bond acceptors (Lipinski definition) is 10. The molecular weight excluding hydrogens is 688 g/mol. The molecule has 0 saturated carbocycles. The first-order valence-corrected chi connectivity index (χ1v) is 16.4. The van der Waals surface area contributed by atoms with Crippen LogP contribution in [0.3, 0.4) is 0 Å². The maximum absolute atomic E-state index is 10.8.